The third-order valence-corrected chi connectivity index (χ3v) is 6.84. The van der Waals surface area contributed by atoms with Gasteiger partial charge in [0.05, 0.1) is 30.0 Å². The van der Waals surface area contributed by atoms with Gasteiger partial charge < -0.3 is 15.1 Å². The second-order valence-corrected chi connectivity index (χ2v) is 8.83. The Morgan fingerprint density at radius 2 is 2.15 bits per heavy atom. The number of hydrogen-bond acceptors (Lipinski definition) is 7. The quantitative estimate of drug-likeness (QED) is 0.214. The number of H-pyrrole nitrogens is 1. The molecule has 0 aliphatic carbocycles. The largest absolute Gasteiger partial charge is 0.368 e. The van der Waals surface area contributed by atoms with Crippen molar-refractivity contribution in [2.24, 2.45) is 0 Å². The van der Waals surface area contributed by atoms with Gasteiger partial charge >= 0.3 is 0 Å². The second kappa shape index (κ2) is 9.22. The van der Waals surface area contributed by atoms with Crippen LogP contribution in [0.1, 0.15) is 17.4 Å². The molecule has 172 valence electrons. The SMILES string of the molecule is C=Cc1sc(-c2cc(-c3cn(CCONC)c4cnc(N)nc34)cc3cn[nH]c23)cc1/C=C\C. The summed E-state index contributed by atoms with van der Waals surface area (Å²) in [4.78, 5) is 16.4. The fraction of sp³-hybridized carbons (Fsp3) is 0.160. The number of nitrogen functional groups attached to an aromatic ring is 1. The van der Waals surface area contributed by atoms with Crippen LogP contribution in [0.4, 0.5) is 5.95 Å². The number of allylic oxidation sites excluding steroid dienone is 1. The predicted octanol–water partition coefficient (Wildman–Crippen LogP) is 5.11. The Labute approximate surface area is 200 Å². The Kier molecular flexibility index (Phi) is 5.97. The molecule has 0 bridgehead atoms. The first-order valence-electron chi connectivity index (χ1n) is 10.9. The van der Waals surface area contributed by atoms with Gasteiger partial charge in [-0.15, -0.1) is 11.3 Å². The first-order chi connectivity index (χ1) is 16.6. The Bertz CT molecular complexity index is 1530. The molecule has 1 aromatic carbocycles. The van der Waals surface area contributed by atoms with Crippen LogP contribution in [0.5, 0.6) is 0 Å². The zero-order chi connectivity index (χ0) is 23.7. The normalized spacial score (nSPS) is 11.8. The summed E-state index contributed by atoms with van der Waals surface area (Å²) in [5, 5.41) is 8.50. The van der Waals surface area contributed by atoms with Gasteiger partial charge in [-0.25, -0.2) is 15.4 Å². The van der Waals surface area contributed by atoms with Gasteiger partial charge in [-0.2, -0.15) is 5.10 Å². The molecule has 4 aromatic heterocycles. The van der Waals surface area contributed by atoms with E-state index in [9.17, 15) is 0 Å². The number of fused-ring (bicyclic) bond motifs is 2. The summed E-state index contributed by atoms with van der Waals surface area (Å²) in [6.07, 6.45) is 11.7. The maximum atomic E-state index is 5.96. The van der Waals surface area contributed by atoms with Crippen molar-refractivity contribution in [1.29, 1.82) is 0 Å². The molecule has 9 heteroatoms. The summed E-state index contributed by atoms with van der Waals surface area (Å²) in [7, 11) is 1.74. The van der Waals surface area contributed by atoms with Crippen molar-refractivity contribution in [3.8, 4) is 21.6 Å². The number of anilines is 1. The number of benzene rings is 1. The summed E-state index contributed by atoms with van der Waals surface area (Å²) in [6, 6.07) is 6.50. The summed E-state index contributed by atoms with van der Waals surface area (Å²) in [5.74, 6) is 0.243. The third-order valence-electron chi connectivity index (χ3n) is 5.66. The average molecular weight is 472 g/mol. The van der Waals surface area contributed by atoms with E-state index in [0.717, 1.165) is 53.9 Å². The smallest absolute Gasteiger partial charge is 0.220 e. The molecular weight excluding hydrogens is 446 g/mol. The Morgan fingerprint density at radius 3 is 2.94 bits per heavy atom. The highest BCUT2D eigenvalue weighted by molar-refractivity contribution is 7.16. The van der Waals surface area contributed by atoms with Crippen molar-refractivity contribution in [2.75, 3.05) is 19.4 Å². The summed E-state index contributed by atoms with van der Waals surface area (Å²) in [5.41, 5.74) is 15.6. The van der Waals surface area contributed by atoms with E-state index in [1.165, 1.54) is 0 Å². The minimum Gasteiger partial charge on any atom is -0.368 e. The van der Waals surface area contributed by atoms with Gasteiger partial charge in [0.15, 0.2) is 0 Å². The lowest BCUT2D eigenvalue weighted by Gasteiger charge is -2.06. The highest BCUT2D eigenvalue weighted by Gasteiger charge is 2.18. The third kappa shape index (κ3) is 3.90. The monoisotopic (exact) mass is 471 g/mol. The summed E-state index contributed by atoms with van der Waals surface area (Å²) in [6.45, 7) is 7.15. The minimum absolute atomic E-state index is 0.243. The van der Waals surface area contributed by atoms with Crippen LogP contribution in [-0.4, -0.2) is 38.4 Å². The van der Waals surface area contributed by atoms with Gasteiger partial charge in [-0.05, 0) is 36.2 Å². The molecule has 0 amide bonds. The van der Waals surface area contributed by atoms with Crippen LogP contribution in [0, 0.1) is 0 Å². The van der Waals surface area contributed by atoms with Crippen LogP contribution in [0.25, 0.3) is 55.7 Å². The Morgan fingerprint density at radius 1 is 1.26 bits per heavy atom. The molecule has 0 saturated heterocycles. The van der Waals surface area contributed by atoms with Crippen LogP contribution in [0.2, 0.25) is 0 Å². The maximum Gasteiger partial charge on any atom is 0.220 e. The zero-order valence-electron chi connectivity index (χ0n) is 19.0. The number of hydrogen-bond donors (Lipinski definition) is 3. The molecular formula is C25H25N7OS. The number of nitrogens with one attached hydrogen (secondary N) is 2. The van der Waals surface area contributed by atoms with Gasteiger partial charge in [-0.3, -0.25) is 5.10 Å². The maximum absolute atomic E-state index is 5.96. The van der Waals surface area contributed by atoms with Crippen molar-refractivity contribution < 1.29 is 4.84 Å². The Balaban J connectivity index is 1.70. The first-order valence-corrected chi connectivity index (χ1v) is 11.7. The number of hydroxylamine groups is 1. The molecule has 4 N–H and O–H groups in total. The topological polar surface area (TPSA) is 107 Å². The predicted molar refractivity (Wildman–Crippen MR) is 140 cm³/mol. The van der Waals surface area contributed by atoms with Crippen LogP contribution >= 0.6 is 11.3 Å². The second-order valence-electron chi connectivity index (χ2n) is 7.74. The molecule has 5 rings (SSSR count). The highest BCUT2D eigenvalue weighted by Crippen LogP contribution is 2.40. The van der Waals surface area contributed by atoms with Crippen molar-refractivity contribution in [3.05, 3.63) is 59.9 Å². The van der Waals surface area contributed by atoms with Gasteiger partial charge in [0.1, 0.15) is 5.52 Å². The average Bonchev–Trinajstić information content (AvgIpc) is 3.56. The van der Waals surface area contributed by atoms with E-state index in [4.69, 9.17) is 10.6 Å². The van der Waals surface area contributed by atoms with Gasteiger partial charge in [0.2, 0.25) is 5.95 Å². The van der Waals surface area contributed by atoms with Crippen molar-refractivity contribution in [2.45, 2.75) is 13.5 Å². The van der Waals surface area contributed by atoms with E-state index >= 15 is 0 Å². The van der Waals surface area contributed by atoms with Gasteiger partial charge in [0, 0.05) is 46.1 Å². The van der Waals surface area contributed by atoms with Crippen LogP contribution in [0.3, 0.4) is 0 Å². The Hall–Kier alpha value is -3.79. The minimum atomic E-state index is 0.243. The zero-order valence-corrected chi connectivity index (χ0v) is 19.8. The van der Waals surface area contributed by atoms with E-state index in [0.29, 0.717) is 13.2 Å². The molecule has 0 spiro atoms. The van der Waals surface area contributed by atoms with Crippen LogP contribution in [-0.2, 0) is 11.4 Å². The molecule has 0 aliphatic heterocycles. The number of aromatic nitrogens is 5. The lowest BCUT2D eigenvalue weighted by Crippen LogP contribution is -2.13. The van der Waals surface area contributed by atoms with Crippen LogP contribution in [0.15, 0.2) is 49.4 Å². The van der Waals surface area contributed by atoms with E-state index in [1.807, 2.05) is 25.3 Å². The lowest BCUT2D eigenvalue weighted by molar-refractivity contribution is 0.0528. The molecule has 5 aromatic rings. The number of thiophene rings is 1. The number of aromatic amines is 1. The van der Waals surface area contributed by atoms with Crippen molar-refractivity contribution in [1.82, 2.24) is 30.2 Å². The fourth-order valence-corrected chi connectivity index (χ4v) is 5.18. The fourth-order valence-electron chi connectivity index (χ4n) is 4.15. The highest BCUT2D eigenvalue weighted by atomic mass is 32.1. The van der Waals surface area contributed by atoms with Crippen molar-refractivity contribution in [3.63, 3.8) is 0 Å². The number of nitrogens with zero attached hydrogens (tertiary/aromatic N) is 4. The summed E-state index contributed by atoms with van der Waals surface area (Å²) >= 11 is 1.71. The van der Waals surface area contributed by atoms with E-state index < -0.39 is 0 Å². The first kappa shape index (κ1) is 22.0. The number of rotatable bonds is 8. The number of nitrogens with two attached hydrogens (primary N) is 1. The standard InChI is InChI=1S/C25H25N7OS/c1-4-6-15-11-22(34-21(15)5-2)18-10-16(9-17-12-29-31-23(17)18)19-14-32(7-8-33-27-3)20-13-28-25(26)30-24(19)20/h4-6,9-14,27H,2,7-8H2,1,3H3,(H,29,31)(H2,26,28,30)/b6-4-. The molecule has 0 saturated carbocycles. The molecule has 0 unspecified atom stereocenters. The molecule has 8 nitrogen and oxygen atoms in total. The molecule has 0 fully saturated rings. The molecule has 4 heterocycles. The van der Waals surface area contributed by atoms with Crippen molar-refractivity contribution >= 4 is 51.4 Å². The van der Waals surface area contributed by atoms with E-state index in [2.05, 4.69) is 67.3 Å². The molecule has 0 radical (unpaired) electrons. The van der Waals surface area contributed by atoms with Gasteiger partial charge in [-0.1, -0.05) is 24.8 Å². The molecule has 34 heavy (non-hydrogen) atoms. The van der Waals surface area contributed by atoms with E-state index in [1.54, 1.807) is 24.6 Å². The lowest BCUT2D eigenvalue weighted by atomic mass is 10.0. The van der Waals surface area contributed by atoms with Crippen LogP contribution < -0.4 is 11.2 Å². The van der Waals surface area contributed by atoms with Gasteiger partial charge in [0.25, 0.3) is 0 Å². The molecule has 0 aliphatic rings. The molecule has 0 atom stereocenters. The summed E-state index contributed by atoms with van der Waals surface area (Å²) < 4.78 is 2.09. The van der Waals surface area contributed by atoms with E-state index in [-0.39, 0.29) is 5.95 Å².